The number of hydrogen-bond acceptors (Lipinski definition) is 4. The van der Waals surface area contributed by atoms with Gasteiger partial charge in [-0.25, -0.2) is 0 Å². The zero-order valence-corrected chi connectivity index (χ0v) is 13.1. The van der Waals surface area contributed by atoms with Crippen LogP contribution in [0.1, 0.15) is 17.5 Å². The Labute approximate surface area is 138 Å². The Morgan fingerprint density at radius 1 is 1.21 bits per heavy atom. The fourth-order valence-corrected chi connectivity index (χ4v) is 2.10. The lowest BCUT2D eigenvalue weighted by Crippen LogP contribution is -2.31. The summed E-state index contributed by atoms with van der Waals surface area (Å²) in [5, 5.41) is 3.09. The van der Waals surface area contributed by atoms with Gasteiger partial charge in [-0.05, 0) is 36.7 Å². The van der Waals surface area contributed by atoms with E-state index in [1.165, 1.54) is 6.07 Å². The molecule has 0 aliphatic rings. The largest absolute Gasteiger partial charge is 0.490 e. The van der Waals surface area contributed by atoms with Gasteiger partial charge in [0.15, 0.2) is 0 Å². The van der Waals surface area contributed by atoms with Crippen LogP contribution in [0.5, 0.6) is 5.75 Å². The van der Waals surface area contributed by atoms with Gasteiger partial charge in [0.25, 0.3) is 0 Å². The molecular weight excluding hydrogens is 319 g/mol. The molecule has 0 aliphatic carbocycles. The average molecular weight is 339 g/mol. The number of hydrogen-bond donors (Lipinski definition) is 2. The summed E-state index contributed by atoms with van der Waals surface area (Å²) in [5.74, 6) is 0.657. The van der Waals surface area contributed by atoms with E-state index in [0.717, 1.165) is 12.1 Å². The van der Waals surface area contributed by atoms with Crippen LogP contribution in [0, 0.1) is 0 Å². The average Bonchev–Trinajstić information content (AvgIpc) is 2.57. The van der Waals surface area contributed by atoms with E-state index in [1.54, 1.807) is 30.6 Å². The monoisotopic (exact) mass is 339 g/mol. The van der Waals surface area contributed by atoms with Crippen LogP contribution in [0.2, 0.25) is 0 Å². The zero-order valence-electron chi connectivity index (χ0n) is 13.1. The number of ether oxygens (including phenoxy) is 1. The quantitative estimate of drug-likeness (QED) is 0.726. The highest BCUT2D eigenvalue weighted by Gasteiger charge is 2.30. The van der Waals surface area contributed by atoms with Crippen LogP contribution in [0.25, 0.3) is 0 Å². The lowest BCUT2D eigenvalue weighted by molar-refractivity contribution is -0.137. The van der Waals surface area contributed by atoms with Gasteiger partial charge in [-0.15, -0.1) is 0 Å². The van der Waals surface area contributed by atoms with Crippen molar-refractivity contribution < 1.29 is 17.9 Å². The summed E-state index contributed by atoms with van der Waals surface area (Å²) in [4.78, 5) is 3.94. The Bertz CT molecular complexity index is 620. The highest BCUT2D eigenvalue weighted by atomic mass is 19.4. The van der Waals surface area contributed by atoms with Crippen molar-refractivity contribution in [1.82, 2.24) is 10.3 Å². The molecule has 0 aliphatic heterocycles. The van der Waals surface area contributed by atoms with Crippen molar-refractivity contribution in [2.45, 2.75) is 25.2 Å². The van der Waals surface area contributed by atoms with Crippen LogP contribution in [-0.4, -0.2) is 24.2 Å². The molecule has 1 atom stereocenters. The summed E-state index contributed by atoms with van der Waals surface area (Å²) in [6, 6.07) is 8.69. The number of pyridine rings is 1. The maximum absolute atomic E-state index is 12.6. The van der Waals surface area contributed by atoms with E-state index < -0.39 is 11.7 Å². The number of halogens is 3. The Balaban J connectivity index is 1.67. The molecule has 0 saturated carbocycles. The summed E-state index contributed by atoms with van der Waals surface area (Å²) in [6.45, 7) is 1.31. The van der Waals surface area contributed by atoms with Gasteiger partial charge in [-0.2, -0.15) is 13.2 Å². The van der Waals surface area contributed by atoms with Crippen LogP contribution < -0.4 is 15.8 Å². The van der Waals surface area contributed by atoms with Crippen molar-refractivity contribution in [1.29, 1.82) is 0 Å². The van der Waals surface area contributed by atoms with Crippen molar-refractivity contribution in [2.24, 2.45) is 5.73 Å². The second-order valence-electron chi connectivity index (χ2n) is 5.42. The maximum atomic E-state index is 12.6. The van der Waals surface area contributed by atoms with Gasteiger partial charge in [0.05, 0.1) is 11.8 Å². The summed E-state index contributed by atoms with van der Waals surface area (Å²) in [6.07, 6.45) is -0.398. The number of nitrogens with zero attached hydrogens (tertiary/aromatic N) is 1. The third-order valence-corrected chi connectivity index (χ3v) is 3.37. The minimum absolute atomic E-state index is 0.167. The zero-order chi connectivity index (χ0) is 17.4. The number of aromatic nitrogens is 1. The number of nitrogens with one attached hydrogen (secondary N) is 1. The van der Waals surface area contributed by atoms with E-state index in [4.69, 9.17) is 10.5 Å². The highest BCUT2D eigenvalue weighted by Crippen LogP contribution is 2.29. The molecule has 130 valence electrons. The van der Waals surface area contributed by atoms with E-state index in [-0.39, 0.29) is 6.04 Å². The summed E-state index contributed by atoms with van der Waals surface area (Å²) in [7, 11) is 0. The molecule has 0 radical (unpaired) electrons. The second kappa shape index (κ2) is 8.65. The number of rotatable bonds is 8. The smallest absolute Gasteiger partial charge is 0.416 e. The predicted octanol–water partition coefficient (Wildman–Crippen LogP) is 2.99. The molecule has 2 rings (SSSR count). The molecule has 0 unspecified atom stereocenters. The van der Waals surface area contributed by atoms with E-state index in [0.29, 0.717) is 37.4 Å². The Morgan fingerprint density at radius 2 is 2.04 bits per heavy atom. The SMILES string of the molecule is N[C@H](CCNCc1cccc(C(F)(F)F)c1)COc1cccnc1. The normalized spacial score (nSPS) is 12.8. The predicted molar refractivity (Wildman–Crippen MR) is 85.5 cm³/mol. The topological polar surface area (TPSA) is 60.2 Å². The fraction of sp³-hybridized carbons (Fsp3) is 0.353. The first-order valence-corrected chi connectivity index (χ1v) is 7.60. The first-order valence-electron chi connectivity index (χ1n) is 7.60. The molecule has 2 aromatic rings. The molecule has 0 spiro atoms. The fourth-order valence-electron chi connectivity index (χ4n) is 2.10. The number of alkyl halides is 3. The van der Waals surface area contributed by atoms with Crippen molar-refractivity contribution in [3.63, 3.8) is 0 Å². The minimum atomic E-state index is -4.32. The molecular formula is C17H20F3N3O. The van der Waals surface area contributed by atoms with Gasteiger partial charge in [-0.3, -0.25) is 4.98 Å². The van der Waals surface area contributed by atoms with Crippen molar-refractivity contribution in [3.8, 4) is 5.75 Å². The minimum Gasteiger partial charge on any atom is -0.490 e. The van der Waals surface area contributed by atoms with Gasteiger partial charge < -0.3 is 15.8 Å². The summed E-state index contributed by atoms with van der Waals surface area (Å²) >= 11 is 0. The first-order chi connectivity index (χ1) is 11.4. The third kappa shape index (κ3) is 6.17. The van der Waals surface area contributed by atoms with E-state index in [9.17, 15) is 13.2 Å². The van der Waals surface area contributed by atoms with Crippen molar-refractivity contribution >= 4 is 0 Å². The molecule has 1 aromatic heterocycles. The Morgan fingerprint density at radius 3 is 2.75 bits per heavy atom. The van der Waals surface area contributed by atoms with E-state index >= 15 is 0 Å². The first kappa shape index (κ1) is 18.2. The van der Waals surface area contributed by atoms with Crippen LogP contribution in [0.15, 0.2) is 48.8 Å². The molecule has 0 bridgehead atoms. The molecule has 0 saturated heterocycles. The highest BCUT2D eigenvalue weighted by molar-refractivity contribution is 5.25. The summed E-state index contributed by atoms with van der Waals surface area (Å²) in [5.41, 5.74) is 5.90. The Hall–Kier alpha value is -2.12. The van der Waals surface area contributed by atoms with Crippen molar-refractivity contribution in [3.05, 3.63) is 59.9 Å². The van der Waals surface area contributed by atoms with Crippen molar-refractivity contribution in [2.75, 3.05) is 13.2 Å². The number of nitrogens with two attached hydrogens (primary N) is 1. The Kier molecular flexibility index (Phi) is 6.57. The molecule has 4 nitrogen and oxygen atoms in total. The number of benzene rings is 1. The van der Waals surface area contributed by atoms with Crippen LogP contribution in [0.3, 0.4) is 0 Å². The molecule has 1 heterocycles. The molecule has 0 amide bonds. The van der Waals surface area contributed by atoms with Crippen LogP contribution >= 0.6 is 0 Å². The van der Waals surface area contributed by atoms with Crippen LogP contribution in [-0.2, 0) is 12.7 Å². The second-order valence-corrected chi connectivity index (χ2v) is 5.42. The van der Waals surface area contributed by atoms with Gasteiger partial charge in [-0.1, -0.05) is 18.2 Å². The third-order valence-electron chi connectivity index (χ3n) is 3.37. The molecule has 7 heteroatoms. The van der Waals surface area contributed by atoms with Gasteiger partial charge >= 0.3 is 6.18 Å². The lowest BCUT2D eigenvalue weighted by atomic mass is 10.1. The molecule has 1 aromatic carbocycles. The summed E-state index contributed by atoms with van der Waals surface area (Å²) < 4.78 is 43.4. The molecule has 24 heavy (non-hydrogen) atoms. The lowest BCUT2D eigenvalue weighted by Gasteiger charge is -2.14. The molecule has 3 N–H and O–H groups in total. The maximum Gasteiger partial charge on any atom is 0.416 e. The molecule has 0 fully saturated rings. The standard InChI is InChI=1S/C17H20F3N3O/c18-17(19,20)14-4-1-3-13(9-14)10-23-8-6-15(21)12-24-16-5-2-7-22-11-16/h1-5,7,9,11,15,23H,6,8,10,12,21H2/t15-/m1/s1. The van der Waals surface area contributed by atoms with E-state index in [1.807, 2.05) is 0 Å². The van der Waals surface area contributed by atoms with E-state index in [2.05, 4.69) is 10.3 Å². The van der Waals surface area contributed by atoms with Gasteiger partial charge in [0, 0.05) is 18.8 Å². The van der Waals surface area contributed by atoms with Gasteiger partial charge in [0.1, 0.15) is 12.4 Å². The van der Waals surface area contributed by atoms with Gasteiger partial charge in [0.2, 0.25) is 0 Å². The van der Waals surface area contributed by atoms with Crippen LogP contribution in [0.4, 0.5) is 13.2 Å².